The smallest absolute Gasteiger partial charge is 0.259 e. The van der Waals surface area contributed by atoms with Gasteiger partial charge in [-0.3, -0.25) is 19.8 Å². The molecule has 2 amide bonds. The summed E-state index contributed by atoms with van der Waals surface area (Å²) in [5.41, 5.74) is 2.66. The van der Waals surface area contributed by atoms with Gasteiger partial charge >= 0.3 is 0 Å². The molecule has 2 aliphatic heterocycles. The number of ether oxygens (including phenoxy) is 1. The number of hydrogen-bond acceptors (Lipinski definition) is 4. The molecule has 1 saturated heterocycles. The molecule has 3 aromatic rings. The first-order valence-corrected chi connectivity index (χ1v) is 10.4. The van der Waals surface area contributed by atoms with Gasteiger partial charge in [0.1, 0.15) is 5.82 Å². The molecule has 2 N–H and O–H groups in total. The van der Waals surface area contributed by atoms with Crippen LogP contribution in [-0.2, 0) is 20.9 Å². The van der Waals surface area contributed by atoms with Gasteiger partial charge in [0.25, 0.3) is 11.8 Å². The lowest BCUT2D eigenvalue weighted by Gasteiger charge is -2.26. The van der Waals surface area contributed by atoms with Crippen LogP contribution in [0.2, 0.25) is 0 Å². The van der Waals surface area contributed by atoms with Crippen molar-refractivity contribution < 1.29 is 18.7 Å². The minimum absolute atomic E-state index is 0.327. The van der Waals surface area contributed by atoms with Crippen molar-refractivity contribution in [3.8, 4) is 0 Å². The molecule has 4 heterocycles. The molecule has 1 aromatic carbocycles. The van der Waals surface area contributed by atoms with Crippen LogP contribution in [-0.4, -0.2) is 59.1 Å². The highest BCUT2D eigenvalue weighted by Crippen LogP contribution is 2.36. The van der Waals surface area contributed by atoms with Crippen LogP contribution in [0, 0.1) is 5.82 Å². The van der Waals surface area contributed by atoms with Crippen molar-refractivity contribution >= 4 is 33.9 Å². The number of benzene rings is 1. The maximum Gasteiger partial charge on any atom is 0.259 e. The maximum absolute atomic E-state index is 14.1. The number of imide groups is 1. The van der Waals surface area contributed by atoms with Gasteiger partial charge in [-0.05, 0) is 30.7 Å². The number of carbonyl (C=O) groups is 2. The van der Waals surface area contributed by atoms with E-state index in [0.717, 1.165) is 44.7 Å². The number of halogens is 1. The first-order chi connectivity index (χ1) is 15.1. The third-order valence-corrected chi connectivity index (χ3v) is 5.91. The molecule has 0 saturated carbocycles. The fourth-order valence-electron chi connectivity index (χ4n) is 4.41. The fraction of sp³-hybridized carbons (Fsp3) is 0.304. The Bertz CT molecular complexity index is 1170. The second-order valence-corrected chi connectivity index (χ2v) is 7.84. The number of rotatable bonds is 6. The van der Waals surface area contributed by atoms with E-state index >= 15 is 0 Å². The Morgan fingerprint density at radius 3 is 2.61 bits per heavy atom. The Kier molecular flexibility index (Phi) is 5.17. The lowest BCUT2D eigenvalue weighted by atomic mass is 9.97. The van der Waals surface area contributed by atoms with Gasteiger partial charge in [-0.25, -0.2) is 4.39 Å². The molecule has 0 unspecified atom stereocenters. The van der Waals surface area contributed by atoms with E-state index in [1.54, 1.807) is 24.5 Å². The van der Waals surface area contributed by atoms with Crippen LogP contribution in [0.5, 0.6) is 0 Å². The minimum Gasteiger partial charge on any atom is -0.379 e. The van der Waals surface area contributed by atoms with Crippen LogP contribution in [0.3, 0.4) is 0 Å². The minimum atomic E-state index is -0.433. The van der Waals surface area contributed by atoms with Gasteiger partial charge in [-0.1, -0.05) is 0 Å². The number of hydrogen-bond donors (Lipinski definition) is 2. The van der Waals surface area contributed by atoms with Crippen LogP contribution in [0.25, 0.3) is 22.0 Å². The molecule has 0 spiro atoms. The summed E-state index contributed by atoms with van der Waals surface area (Å²) in [5, 5.41) is 3.16. The molecular formula is C23H23FN4O3. The van der Waals surface area contributed by atoms with Gasteiger partial charge in [-0.15, -0.1) is 0 Å². The number of nitrogens with zero attached hydrogens (tertiary/aromatic N) is 2. The van der Waals surface area contributed by atoms with E-state index in [-0.39, 0.29) is 5.82 Å². The van der Waals surface area contributed by atoms with E-state index < -0.39 is 11.8 Å². The molecule has 31 heavy (non-hydrogen) atoms. The average molecular weight is 422 g/mol. The number of aromatic nitrogens is 2. The van der Waals surface area contributed by atoms with Gasteiger partial charge in [0, 0.05) is 61.3 Å². The lowest BCUT2D eigenvalue weighted by molar-refractivity contribution is -0.122. The topological polar surface area (TPSA) is 79.4 Å². The quantitative estimate of drug-likeness (QED) is 0.598. The van der Waals surface area contributed by atoms with E-state index in [1.807, 2.05) is 10.8 Å². The fourth-order valence-corrected chi connectivity index (χ4v) is 4.41. The number of amides is 2. The summed E-state index contributed by atoms with van der Waals surface area (Å²) in [7, 11) is 0. The Labute approximate surface area is 178 Å². The van der Waals surface area contributed by atoms with Gasteiger partial charge in [0.2, 0.25) is 0 Å². The third kappa shape index (κ3) is 3.68. The number of aromatic amines is 1. The van der Waals surface area contributed by atoms with Gasteiger partial charge in [0.15, 0.2) is 0 Å². The molecular weight excluding hydrogens is 399 g/mol. The van der Waals surface area contributed by atoms with E-state index in [9.17, 15) is 14.0 Å². The van der Waals surface area contributed by atoms with Gasteiger partial charge in [-0.2, -0.15) is 0 Å². The molecule has 1 fully saturated rings. The number of H-pyrrole nitrogens is 1. The van der Waals surface area contributed by atoms with Crippen molar-refractivity contribution in [1.82, 2.24) is 19.8 Å². The van der Waals surface area contributed by atoms with Crippen molar-refractivity contribution in [1.29, 1.82) is 0 Å². The lowest BCUT2D eigenvalue weighted by Crippen LogP contribution is -2.37. The molecule has 0 aliphatic carbocycles. The summed E-state index contributed by atoms with van der Waals surface area (Å²) >= 11 is 0. The summed E-state index contributed by atoms with van der Waals surface area (Å²) in [6, 6.07) is 6.30. The highest BCUT2D eigenvalue weighted by molar-refractivity contribution is 6.50. The summed E-state index contributed by atoms with van der Waals surface area (Å²) in [6.07, 6.45) is 6.15. The Hall–Kier alpha value is -3.23. The van der Waals surface area contributed by atoms with Crippen molar-refractivity contribution in [2.75, 3.05) is 32.8 Å². The second-order valence-electron chi connectivity index (χ2n) is 7.84. The van der Waals surface area contributed by atoms with Crippen molar-refractivity contribution in [3.05, 3.63) is 59.8 Å². The number of nitrogens with one attached hydrogen (secondary N) is 2. The zero-order valence-electron chi connectivity index (χ0n) is 17.0. The van der Waals surface area contributed by atoms with E-state index in [0.29, 0.717) is 34.3 Å². The van der Waals surface area contributed by atoms with Crippen LogP contribution >= 0.6 is 0 Å². The first kappa shape index (κ1) is 19.7. The van der Waals surface area contributed by atoms with E-state index in [1.165, 1.54) is 12.1 Å². The summed E-state index contributed by atoms with van der Waals surface area (Å²) in [6.45, 7) is 4.94. The highest BCUT2D eigenvalue weighted by atomic mass is 19.1. The van der Waals surface area contributed by atoms with Gasteiger partial charge < -0.3 is 14.3 Å². The van der Waals surface area contributed by atoms with Crippen molar-refractivity contribution in [3.63, 3.8) is 0 Å². The second kappa shape index (κ2) is 8.13. The number of carbonyl (C=O) groups excluding carboxylic acids is 2. The number of fused-ring (bicyclic) bond motifs is 1. The molecule has 2 aliphatic rings. The van der Waals surface area contributed by atoms with E-state index in [2.05, 4.69) is 15.2 Å². The average Bonchev–Trinajstić information content (AvgIpc) is 3.47. The summed E-state index contributed by atoms with van der Waals surface area (Å²) < 4.78 is 21.4. The maximum atomic E-state index is 14.1. The predicted octanol–water partition coefficient (Wildman–Crippen LogP) is 2.40. The Morgan fingerprint density at radius 2 is 1.84 bits per heavy atom. The SMILES string of the molecule is O=C1NC(=O)C(c2cn(CCCN3CCOCC3)c3cc(F)ccc23)=C1c1cc[nH]c1. The number of morpholine rings is 1. The van der Waals surface area contributed by atoms with Crippen molar-refractivity contribution in [2.45, 2.75) is 13.0 Å². The molecule has 0 atom stereocenters. The molecule has 8 heteroatoms. The molecule has 0 bridgehead atoms. The first-order valence-electron chi connectivity index (χ1n) is 10.4. The van der Waals surface area contributed by atoms with Crippen molar-refractivity contribution in [2.24, 2.45) is 0 Å². The standard InChI is InChI=1S/C23H23FN4O3/c24-16-2-3-17-18(21-20(15-4-5-25-13-15)22(29)26-23(21)30)14-28(19(17)12-16)7-1-6-27-8-10-31-11-9-27/h2-5,12-14,25H,1,6-11H2,(H,26,29,30). The zero-order chi connectivity index (χ0) is 21.4. The predicted molar refractivity (Wildman–Crippen MR) is 115 cm³/mol. The van der Waals surface area contributed by atoms with Crippen LogP contribution in [0.1, 0.15) is 17.5 Å². The molecule has 5 rings (SSSR count). The Balaban J connectivity index is 1.53. The summed E-state index contributed by atoms with van der Waals surface area (Å²) in [5.74, 6) is -1.19. The molecule has 0 radical (unpaired) electrons. The summed E-state index contributed by atoms with van der Waals surface area (Å²) in [4.78, 5) is 30.5. The number of aryl methyl sites for hydroxylation is 1. The molecule has 160 valence electrons. The monoisotopic (exact) mass is 422 g/mol. The van der Waals surface area contributed by atoms with Crippen LogP contribution in [0.4, 0.5) is 4.39 Å². The molecule has 7 nitrogen and oxygen atoms in total. The Morgan fingerprint density at radius 1 is 1.03 bits per heavy atom. The van der Waals surface area contributed by atoms with Gasteiger partial charge in [0.05, 0.1) is 29.9 Å². The van der Waals surface area contributed by atoms with Crippen LogP contribution < -0.4 is 5.32 Å². The highest BCUT2D eigenvalue weighted by Gasteiger charge is 2.34. The van der Waals surface area contributed by atoms with E-state index in [4.69, 9.17) is 4.74 Å². The third-order valence-electron chi connectivity index (χ3n) is 5.91. The zero-order valence-corrected chi connectivity index (χ0v) is 17.0. The normalized spacial score (nSPS) is 17.7. The largest absolute Gasteiger partial charge is 0.379 e. The molecule has 2 aromatic heterocycles. The van der Waals surface area contributed by atoms with Crippen LogP contribution in [0.15, 0.2) is 42.9 Å².